The van der Waals surface area contributed by atoms with E-state index in [1.807, 2.05) is 32.0 Å². The van der Waals surface area contributed by atoms with Gasteiger partial charge in [-0.2, -0.15) is 0 Å². The van der Waals surface area contributed by atoms with Crippen LogP contribution in [0.1, 0.15) is 35.6 Å². The molecule has 1 aliphatic rings. The van der Waals surface area contributed by atoms with Crippen molar-refractivity contribution in [2.45, 2.75) is 52.1 Å². The van der Waals surface area contributed by atoms with E-state index in [9.17, 15) is 22.8 Å². The summed E-state index contributed by atoms with van der Waals surface area (Å²) in [6, 6.07) is 11.4. The molecule has 1 unspecified atom stereocenters. The van der Waals surface area contributed by atoms with Gasteiger partial charge in [0.15, 0.2) is 0 Å². The van der Waals surface area contributed by atoms with Crippen LogP contribution in [0.4, 0.5) is 13.2 Å². The molecule has 8 heteroatoms. The zero-order valence-electron chi connectivity index (χ0n) is 18.6. The van der Waals surface area contributed by atoms with Gasteiger partial charge in [-0.15, -0.1) is 13.2 Å². The number of hydrogen-bond donors (Lipinski definition) is 0. The van der Waals surface area contributed by atoms with E-state index in [0.717, 1.165) is 16.7 Å². The molecular weight excluding hydrogens is 421 g/mol. The van der Waals surface area contributed by atoms with Gasteiger partial charge >= 0.3 is 6.36 Å². The molecule has 0 spiro atoms. The molecule has 5 nitrogen and oxygen atoms in total. The molecule has 2 aromatic rings. The average molecular weight is 448 g/mol. The second-order valence-corrected chi connectivity index (χ2v) is 8.59. The number of hydrogen-bond acceptors (Lipinski definition) is 3. The van der Waals surface area contributed by atoms with E-state index < -0.39 is 11.9 Å². The molecule has 0 bridgehead atoms. The number of aryl methyl sites for hydroxylation is 2. The van der Waals surface area contributed by atoms with Crippen LogP contribution in [-0.4, -0.2) is 47.1 Å². The van der Waals surface area contributed by atoms with E-state index in [1.54, 1.807) is 18.9 Å². The van der Waals surface area contributed by atoms with Crippen LogP contribution in [0.25, 0.3) is 0 Å². The molecule has 3 rings (SSSR count). The number of benzene rings is 2. The van der Waals surface area contributed by atoms with Gasteiger partial charge in [0.05, 0.1) is 6.42 Å². The first-order valence-electron chi connectivity index (χ1n) is 10.4. The molecule has 2 aromatic carbocycles. The van der Waals surface area contributed by atoms with Crippen molar-refractivity contribution in [2.24, 2.45) is 0 Å². The van der Waals surface area contributed by atoms with E-state index in [2.05, 4.69) is 4.74 Å². The van der Waals surface area contributed by atoms with E-state index in [1.165, 1.54) is 29.2 Å². The minimum absolute atomic E-state index is 0.0980. The number of halogens is 3. The maximum absolute atomic E-state index is 13.1. The molecule has 1 atom stereocenters. The Labute approximate surface area is 185 Å². The monoisotopic (exact) mass is 448 g/mol. The molecule has 0 aliphatic carbocycles. The Bertz CT molecular complexity index is 984. The Morgan fingerprint density at radius 1 is 1.06 bits per heavy atom. The molecule has 0 saturated carbocycles. The van der Waals surface area contributed by atoms with Gasteiger partial charge in [0.2, 0.25) is 11.8 Å². The van der Waals surface area contributed by atoms with E-state index in [-0.39, 0.29) is 30.5 Å². The van der Waals surface area contributed by atoms with Crippen molar-refractivity contribution in [2.75, 3.05) is 13.6 Å². The van der Waals surface area contributed by atoms with Crippen LogP contribution < -0.4 is 4.74 Å². The number of likely N-dealkylation sites (tertiary alicyclic amines) is 1. The number of amides is 2. The third kappa shape index (κ3) is 5.41. The summed E-state index contributed by atoms with van der Waals surface area (Å²) in [6.07, 6.45) is -3.96. The zero-order chi connectivity index (χ0) is 23.7. The van der Waals surface area contributed by atoms with Gasteiger partial charge in [0, 0.05) is 20.1 Å². The summed E-state index contributed by atoms with van der Waals surface area (Å²) >= 11 is 0. The summed E-state index contributed by atoms with van der Waals surface area (Å²) < 4.78 is 40.8. The molecule has 2 amide bonds. The second kappa shape index (κ2) is 8.84. The minimum atomic E-state index is -4.75. The zero-order valence-corrected chi connectivity index (χ0v) is 18.6. The van der Waals surface area contributed by atoms with Crippen molar-refractivity contribution in [3.63, 3.8) is 0 Å². The first-order chi connectivity index (χ1) is 14.9. The Balaban J connectivity index is 1.63. The third-order valence-electron chi connectivity index (χ3n) is 5.74. The maximum Gasteiger partial charge on any atom is 0.573 e. The SMILES string of the molecule is Cc1cc(C)cc(CC(=O)N2CCC2(C)C(=O)N(C)Cc2ccc(OC(F)(F)F)cc2)c1. The highest BCUT2D eigenvalue weighted by Gasteiger charge is 2.50. The molecule has 32 heavy (non-hydrogen) atoms. The Hall–Kier alpha value is -3.03. The molecule has 0 N–H and O–H groups in total. The normalized spacial score (nSPS) is 18.2. The largest absolute Gasteiger partial charge is 0.573 e. The van der Waals surface area contributed by atoms with Gasteiger partial charge in [-0.1, -0.05) is 41.5 Å². The van der Waals surface area contributed by atoms with E-state index >= 15 is 0 Å². The number of carbonyl (C=O) groups excluding carboxylic acids is 2. The van der Waals surface area contributed by atoms with Gasteiger partial charge in [-0.3, -0.25) is 9.59 Å². The lowest BCUT2D eigenvalue weighted by Gasteiger charge is -2.50. The summed E-state index contributed by atoms with van der Waals surface area (Å²) in [6.45, 7) is 6.45. The van der Waals surface area contributed by atoms with Crippen molar-refractivity contribution in [1.82, 2.24) is 9.80 Å². The van der Waals surface area contributed by atoms with Crippen LogP contribution in [-0.2, 0) is 22.6 Å². The minimum Gasteiger partial charge on any atom is -0.406 e. The number of alkyl halides is 3. The van der Waals surface area contributed by atoms with Gasteiger partial charge in [0.25, 0.3) is 0 Å². The fourth-order valence-corrected chi connectivity index (χ4v) is 4.18. The summed E-state index contributed by atoms with van der Waals surface area (Å²) in [5, 5.41) is 0. The van der Waals surface area contributed by atoms with Gasteiger partial charge in [-0.05, 0) is 50.5 Å². The first kappa shape index (κ1) is 23.6. The lowest BCUT2D eigenvalue weighted by molar-refractivity contribution is -0.274. The van der Waals surface area contributed by atoms with Crippen molar-refractivity contribution in [3.8, 4) is 5.75 Å². The highest BCUT2D eigenvalue weighted by Crippen LogP contribution is 2.33. The number of rotatable bonds is 6. The Morgan fingerprint density at radius 2 is 1.66 bits per heavy atom. The van der Waals surface area contributed by atoms with Crippen molar-refractivity contribution < 1.29 is 27.5 Å². The van der Waals surface area contributed by atoms with Gasteiger partial charge in [-0.25, -0.2) is 0 Å². The van der Waals surface area contributed by atoms with Crippen molar-refractivity contribution in [3.05, 3.63) is 64.7 Å². The summed E-state index contributed by atoms with van der Waals surface area (Å²) in [5.74, 6) is -0.614. The Morgan fingerprint density at radius 3 is 2.16 bits per heavy atom. The highest BCUT2D eigenvalue weighted by atomic mass is 19.4. The topological polar surface area (TPSA) is 49.9 Å². The number of likely N-dealkylation sites (N-methyl/N-ethyl adjacent to an activating group) is 1. The smallest absolute Gasteiger partial charge is 0.406 e. The number of nitrogens with zero attached hydrogens (tertiary/aromatic N) is 2. The number of ether oxygens (including phenoxy) is 1. The third-order valence-corrected chi connectivity index (χ3v) is 5.74. The van der Waals surface area contributed by atoms with Gasteiger partial charge in [0.1, 0.15) is 11.3 Å². The molecule has 0 radical (unpaired) electrons. The average Bonchev–Trinajstić information content (AvgIpc) is 2.65. The molecular formula is C24H27F3N2O3. The summed E-state index contributed by atoms with van der Waals surface area (Å²) in [5.41, 5.74) is 2.82. The summed E-state index contributed by atoms with van der Waals surface area (Å²) in [4.78, 5) is 29.2. The molecule has 1 fully saturated rings. The molecule has 0 aromatic heterocycles. The van der Waals surface area contributed by atoms with Crippen molar-refractivity contribution in [1.29, 1.82) is 0 Å². The van der Waals surface area contributed by atoms with Crippen LogP contribution in [0, 0.1) is 13.8 Å². The van der Waals surface area contributed by atoms with Gasteiger partial charge < -0.3 is 14.5 Å². The second-order valence-electron chi connectivity index (χ2n) is 8.59. The predicted molar refractivity (Wildman–Crippen MR) is 114 cm³/mol. The molecule has 1 saturated heterocycles. The van der Waals surface area contributed by atoms with Crippen molar-refractivity contribution >= 4 is 11.8 Å². The fraction of sp³-hybridized carbons (Fsp3) is 0.417. The highest BCUT2D eigenvalue weighted by molar-refractivity contribution is 5.93. The van der Waals surface area contributed by atoms with Crippen LogP contribution in [0.5, 0.6) is 5.75 Å². The lowest BCUT2D eigenvalue weighted by Crippen LogP contribution is -2.67. The van der Waals surface area contributed by atoms with Crippen LogP contribution in [0.15, 0.2) is 42.5 Å². The first-order valence-corrected chi connectivity index (χ1v) is 10.4. The predicted octanol–water partition coefficient (Wildman–Crippen LogP) is 4.39. The van der Waals surface area contributed by atoms with E-state index in [0.29, 0.717) is 18.5 Å². The molecule has 1 heterocycles. The summed E-state index contributed by atoms with van der Waals surface area (Å²) in [7, 11) is 1.62. The fourth-order valence-electron chi connectivity index (χ4n) is 4.18. The molecule has 172 valence electrons. The Kier molecular flexibility index (Phi) is 6.53. The lowest BCUT2D eigenvalue weighted by atomic mass is 9.84. The standard InChI is InChI=1S/C24H27F3N2O3/c1-16-11-17(2)13-19(12-16)14-21(30)29-10-9-23(29,3)22(31)28(4)15-18-5-7-20(8-6-18)32-24(25,26)27/h5-8,11-13H,9-10,14-15H2,1-4H3. The number of carbonyl (C=O) groups is 2. The van der Waals surface area contributed by atoms with Crippen LogP contribution in [0.3, 0.4) is 0 Å². The van der Waals surface area contributed by atoms with Crippen LogP contribution in [0.2, 0.25) is 0 Å². The van der Waals surface area contributed by atoms with Crippen LogP contribution >= 0.6 is 0 Å². The van der Waals surface area contributed by atoms with E-state index in [4.69, 9.17) is 0 Å². The maximum atomic E-state index is 13.1. The quantitative estimate of drug-likeness (QED) is 0.659. The molecule has 1 aliphatic heterocycles.